The number of benzene rings is 2. The quantitative estimate of drug-likeness (QED) is 0.752. The highest BCUT2D eigenvalue weighted by Crippen LogP contribution is 2.17. The number of carbonyl (C=O) groups is 2. The van der Waals surface area contributed by atoms with Gasteiger partial charge in [0.05, 0.1) is 17.7 Å². The molecule has 0 aliphatic heterocycles. The average Bonchev–Trinajstić information content (AvgIpc) is 2.41. The summed E-state index contributed by atoms with van der Waals surface area (Å²) in [4.78, 5) is 22.7. The van der Waals surface area contributed by atoms with E-state index in [9.17, 15) is 14.0 Å². The fourth-order valence-electron chi connectivity index (χ4n) is 1.84. The normalized spacial score (nSPS) is 10.1. The van der Waals surface area contributed by atoms with Gasteiger partial charge in [0, 0.05) is 5.69 Å². The number of carboxylic acids is 1. The van der Waals surface area contributed by atoms with Crippen LogP contribution in [0, 0.1) is 5.82 Å². The van der Waals surface area contributed by atoms with E-state index in [1.165, 1.54) is 0 Å². The van der Waals surface area contributed by atoms with Gasteiger partial charge in [0.1, 0.15) is 5.82 Å². The standard InChI is InChI=1S/C15H13FN2O3/c16-12-5-4-10(15(20)21)8-13(12)18-14(19)7-9-2-1-3-11(17)6-9/h1-6,8H,7,17H2,(H,18,19)(H,20,21). The van der Waals surface area contributed by atoms with Crippen molar-refractivity contribution >= 4 is 23.3 Å². The Morgan fingerprint density at radius 2 is 1.95 bits per heavy atom. The lowest BCUT2D eigenvalue weighted by molar-refractivity contribution is -0.115. The van der Waals surface area contributed by atoms with Gasteiger partial charge in [0.2, 0.25) is 5.91 Å². The molecule has 0 fully saturated rings. The molecule has 108 valence electrons. The van der Waals surface area contributed by atoms with Crippen LogP contribution in [0.5, 0.6) is 0 Å². The number of carbonyl (C=O) groups excluding carboxylic acids is 1. The zero-order chi connectivity index (χ0) is 15.4. The Kier molecular flexibility index (Phi) is 4.18. The summed E-state index contributed by atoms with van der Waals surface area (Å²) in [6, 6.07) is 9.98. The molecule has 0 bridgehead atoms. The third-order valence-corrected chi connectivity index (χ3v) is 2.80. The van der Waals surface area contributed by atoms with Gasteiger partial charge in [-0.25, -0.2) is 9.18 Å². The zero-order valence-electron chi connectivity index (χ0n) is 11.0. The largest absolute Gasteiger partial charge is 0.478 e. The molecule has 21 heavy (non-hydrogen) atoms. The fourth-order valence-corrected chi connectivity index (χ4v) is 1.84. The van der Waals surface area contributed by atoms with Gasteiger partial charge >= 0.3 is 5.97 Å². The lowest BCUT2D eigenvalue weighted by atomic mass is 10.1. The van der Waals surface area contributed by atoms with Crippen LogP contribution in [0.1, 0.15) is 15.9 Å². The number of anilines is 2. The summed E-state index contributed by atoms with van der Waals surface area (Å²) in [6.45, 7) is 0. The number of hydrogen-bond acceptors (Lipinski definition) is 3. The van der Waals surface area contributed by atoms with E-state index in [0.717, 1.165) is 18.2 Å². The van der Waals surface area contributed by atoms with Gasteiger partial charge in [-0.05, 0) is 35.9 Å². The van der Waals surface area contributed by atoms with Gasteiger partial charge in [0.15, 0.2) is 0 Å². The molecule has 0 aromatic heterocycles. The van der Waals surface area contributed by atoms with E-state index in [-0.39, 0.29) is 17.7 Å². The molecule has 0 heterocycles. The molecule has 4 N–H and O–H groups in total. The van der Waals surface area contributed by atoms with E-state index in [1.54, 1.807) is 24.3 Å². The molecular weight excluding hydrogens is 275 g/mol. The fraction of sp³-hybridized carbons (Fsp3) is 0.0667. The number of amides is 1. The highest BCUT2D eigenvalue weighted by molar-refractivity contribution is 5.95. The molecule has 0 atom stereocenters. The topological polar surface area (TPSA) is 92.4 Å². The van der Waals surface area contributed by atoms with Crippen LogP contribution < -0.4 is 11.1 Å². The maximum atomic E-state index is 13.6. The van der Waals surface area contributed by atoms with Crippen LogP contribution in [0.3, 0.4) is 0 Å². The second-order valence-corrected chi connectivity index (χ2v) is 4.47. The molecular formula is C15H13FN2O3. The van der Waals surface area contributed by atoms with Crippen LogP contribution in [0.15, 0.2) is 42.5 Å². The summed E-state index contributed by atoms with van der Waals surface area (Å²) in [5.74, 6) is -2.34. The van der Waals surface area contributed by atoms with Crippen molar-refractivity contribution in [3.05, 3.63) is 59.4 Å². The van der Waals surface area contributed by atoms with Crippen LogP contribution in [-0.4, -0.2) is 17.0 Å². The Hall–Kier alpha value is -2.89. The predicted molar refractivity (Wildman–Crippen MR) is 76.5 cm³/mol. The molecule has 0 aliphatic carbocycles. The van der Waals surface area contributed by atoms with Crippen molar-refractivity contribution in [1.29, 1.82) is 0 Å². The van der Waals surface area contributed by atoms with E-state index >= 15 is 0 Å². The van der Waals surface area contributed by atoms with Crippen molar-refractivity contribution in [2.75, 3.05) is 11.1 Å². The molecule has 1 amide bonds. The van der Waals surface area contributed by atoms with E-state index in [4.69, 9.17) is 10.8 Å². The monoisotopic (exact) mass is 288 g/mol. The number of hydrogen-bond donors (Lipinski definition) is 3. The molecule has 0 spiro atoms. The summed E-state index contributed by atoms with van der Waals surface area (Å²) < 4.78 is 13.6. The van der Waals surface area contributed by atoms with Gasteiger partial charge in [-0.3, -0.25) is 4.79 Å². The minimum absolute atomic E-state index is 0.0157. The van der Waals surface area contributed by atoms with Crippen molar-refractivity contribution < 1.29 is 19.1 Å². The summed E-state index contributed by atoms with van der Waals surface area (Å²) in [7, 11) is 0. The summed E-state index contributed by atoms with van der Waals surface area (Å²) in [5, 5.41) is 11.2. The van der Waals surface area contributed by atoms with Crippen molar-refractivity contribution in [3.63, 3.8) is 0 Å². The molecule has 0 saturated carbocycles. The molecule has 2 aromatic carbocycles. The Morgan fingerprint density at radius 3 is 2.62 bits per heavy atom. The highest BCUT2D eigenvalue weighted by atomic mass is 19.1. The van der Waals surface area contributed by atoms with Crippen molar-refractivity contribution in [1.82, 2.24) is 0 Å². The Labute approximate surface area is 120 Å². The first kappa shape index (κ1) is 14.5. The third-order valence-electron chi connectivity index (χ3n) is 2.80. The van der Waals surface area contributed by atoms with Crippen LogP contribution >= 0.6 is 0 Å². The maximum Gasteiger partial charge on any atom is 0.335 e. The number of halogens is 1. The first-order chi connectivity index (χ1) is 9.95. The minimum atomic E-state index is -1.19. The van der Waals surface area contributed by atoms with E-state index in [2.05, 4.69) is 5.32 Å². The Balaban J connectivity index is 2.12. The molecule has 2 aromatic rings. The number of rotatable bonds is 4. The summed E-state index contributed by atoms with van der Waals surface area (Å²) >= 11 is 0. The molecule has 0 radical (unpaired) electrons. The van der Waals surface area contributed by atoms with Gasteiger partial charge in [-0.2, -0.15) is 0 Å². The van der Waals surface area contributed by atoms with Gasteiger partial charge < -0.3 is 16.2 Å². The smallest absolute Gasteiger partial charge is 0.335 e. The molecule has 0 saturated heterocycles. The van der Waals surface area contributed by atoms with Crippen molar-refractivity contribution in [2.24, 2.45) is 0 Å². The first-order valence-electron chi connectivity index (χ1n) is 6.13. The molecule has 6 heteroatoms. The van der Waals surface area contributed by atoms with Crippen molar-refractivity contribution in [3.8, 4) is 0 Å². The Bertz CT molecular complexity index is 701. The highest BCUT2D eigenvalue weighted by Gasteiger charge is 2.11. The predicted octanol–water partition coefficient (Wildman–Crippen LogP) is 2.29. The second-order valence-electron chi connectivity index (χ2n) is 4.47. The van der Waals surface area contributed by atoms with Crippen LogP contribution in [0.25, 0.3) is 0 Å². The van der Waals surface area contributed by atoms with Gasteiger partial charge in [0.25, 0.3) is 0 Å². The first-order valence-corrected chi connectivity index (χ1v) is 6.13. The number of nitrogens with two attached hydrogens (primary N) is 1. The average molecular weight is 288 g/mol. The maximum absolute atomic E-state index is 13.6. The van der Waals surface area contributed by atoms with E-state index in [0.29, 0.717) is 11.3 Å². The Morgan fingerprint density at radius 1 is 1.19 bits per heavy atom. The second kappa shape index (κ2) is 6.04. The zero-order valence-corrected chi connectivity index (χ0v) is 11.0. The van der Waals surface area contributed by atoms with E-state index in [1.807, 2.05) is 0 Å². The number of aromatic carboxylic acids is 1. The van der Waals surface area contributed by atoms with Crippen LogP contribution in [0.4, 0.5) is 15.8 Å². The number of nitrogen functional groups attached to an aromatic ring is 1. The summed E-state index contributed by atoms with van der Waals surface area (Å²) in [5.41, 5.74) is 6.55. The number of nitrogens with one attached hydrogen (secondary N) is 1. The van der Waals surface area contributed by atoms with Gasteiger partial charge in [-0.15, -0.1) is 0 Å². The van der Waals surface area contributed by atoms with E-state index < -0.39 is 17.7 Å². The van der Waals surface area contributed by atoms with Crippen molar-refractivity contribution in [2.45, 2.75) is 6.42 Å². The lowest BCUT2D eigenvalue weighted by Crippen LogP contribution is -2.16. The van der Waals surface area contributed by atoms with Crippen LogP contribution in [0.2, 0.25) is 0 Å². The molecule has 0 unspecified atom stereocenters. The van der Waals surface area contributed by atoms with Gasteiger partial charge in [-0.1, -0.05) is 12.1 Å². The third kappa shape index (κ3) is 3.79. The number of carboxylic acid groups (broad SMARTS) is 1. The lowest BCUT2D eigenvalue weighted by Gasteiger charge is -2.08. The molecule has 5 nitrogen and oxygen atoms in total. The SMILES string of the molecule is Nc1cccc(CC(=O)Nc2cc(C(=O)O)ccc2F)c1. The molecule has 0 aliphatic rings. The summed E-state index contributed by atoms with van der Waals surface area (Å²) in [6.07, 6.45) is 0.0157. The molecule has 2 rings (SSSR count). The minimum Gasteiger partial charge on any atom is -0.478 e. The van der Waals surface area contributed by atoms with Crippen LogP contribution in [-0.2, 0) is 11.2 Å².